The van der Waals surface area contributed by atoms with E-state index in [1.54, 1.807) is 12.1 Å². The largest absolute Gasteiger partial charge is 0.463 e. The van der Waals surface area contributed by atoms with Gasteiger partial charge < -0.3 is 25.2 Å². The molecule has 2 saturated heterocycles. The van der Waals surface area contributed by atoms with Crippen LogP contribution in [-0.2, 0) is 20.7 Å². The van der Waals surface area contributed by atoms with Gasteiger partial charge in [-0.2, -0.15) is 5.26 Å². The van der Waals surface area contributed by atoms with Crippen LogP contribution in [0.25, 0.3) is 28.0 Å². The van der Waals surface area contributed by atoms with Crippen molar-refractivity contribution < 1.29 is 18.7 Å². The molecule has 7 rings (SSSR count). The Morgan fingerprint density at radius 3 is 2.58 bits per heavy atom. The Kier molecular flexibility index (Phi) is 9.38. The number of nitrogens with one attached hydrogen (secondary N) is 2. The predicted octanol–water partition coefficient (Wildman–Crippen LogP) is 4.24. The zero-order valence-corrected chi connectivity index (χ0v) is 28.4. The molecule has 1 amide bonds. The lowest BCUT2D eigenvalue weighted by atomic mass is 10.0. The van der Waals surface area contributed by atoms with E-state index >= 15 is 0 Å². The van der Waals surface area contributed by atoms with Gasteiger partial charge in [0.1, 0.15) is 40.0 Å². The van der Waals surface area contributed by atoms with Gasteiger partial charge in [0.15, 0.2) is 5.13 Å². The van der Waals surface area contributed by atoms with E-state index in [1.807, 2.05) is 54.0 Å². The van der Waals surface area contributed by atoms with Gasteiger partial charge in [-0.3, -0.25) is 14.0 Å². The van der Waals surface area contributed by atoms with Crippen molar-refractivity contribution in [3.05, 3.63) is 71.4 Å². The third kappa shape index (κ3) is 6.59. The molecule has 50 heavy (non-hydrogen) atoms. The zero-order chi connectivity index (χ0) is 34.8. The SMILES string of the molecule is CCc1nc2ccc(-c3cnc(N4CCC(NC(=O)[C@@H]5C[C@H](OC=O)CN5)CC4)nc3)cn2c1N(C)c1nc(-c2ccc(F)cc2)c(C#N)s1. The van der Waals surface area contributed by atoms with E-state index in [4.69, 9.17) is 24.7 Å². The molecule has 0 spiro atoms. The molecule has 2 fully saturated rings. The molecule has 0 aliphatic carbocycles. The van der Waals surface area contributed by atoms with Crippen LogP contribution in [0.4, 0.5) is 21.3 Å². The average Bonchev–Trinajstić information content (AvgIpc) is 3.89. The van der Waals surface area contributed by atoms with Gasteiger partial charge in [-0.1, -0.05) is 18.3 Å². The monoisotopic (exact) mass is 694 g/mol. The van der Waals surface area contributed by atoms with E-state index in [2.05, 4.69) is 21.6 Å². The number of nitriles is 1. The maximum Gasteiger partial charge on any atom is 0.293 e. The van der Waals surface area contributed by atoms with Crippen LogP contribution in [0.2, 0.25) is 0 Å². The molecule has 0 radical (unpaired) electrons. The first kappa shape index (κ1) is 33.1. The van der Waals surface area contributed by atoms with Gasteiger partial charge in [0.25, 0.3) is 6.47 Å². The normalized spacial score (nSPS) is 17.8. The molecule has 13 nitrogen and oxygen atoms in total. The molecule has 2 aliphatic heterocycles. The molecular weight excluding hydrogens is 660 g/mol. The molecule has 2 N–H and O–H groups in total. The van der Waals surface area contributed by atoms with Crippen LogP contribution in [-0.4, -0.2) is 81.6 Å². The molecule has 1 aromatic carbocycles. The van der Waals surface area contributed by atoms with Crippen molar-refractivity contribution in [2.24, 2.45) is 0 Å². The smallest absolute Gasteiger partial charge is 0.293 e. The second kappa shape index (κ2) is 14.2. The number of piperidine rings is 1. The van der Waals surface area contributed by atoms with Crippen molar-refractivity contribution in [1.82, 2.24) is 35.0 Å². The Labute approximate surface area is 291 Å². The standard InChI is InChI=1S/C35H35FN10O3S/c1-3-27-33(44(2)35-43-31(29(15-37)50-35)21-4-7-24(36)8-5-21)46-19-22(6-9-30(46)42-27)23-16-39-34(40-17-23)45-12-10-25(11-13-45)41-32(48)28-14-26(18-38-28)49-20-47/h4-9,16-17,19-20,25-26,28,38H,3,10-14,18H2,1-2H3,(H,41,48)/t26-,28-/m0/s1. The Bertz CT molecular complexity index is 2050. The number of aromatic nitrogens is 5. The Balaban J connectivity index is 1.05. The van der Waals surface area contributed by atoms with E-state index in [0.29, 0.717) is 66.2 Å². The van der Waals surface area contributed by atoms with Crippen LogP contribution in [0, 0.1) is 17.1 Å². The molecule has 15 heteroatoms. The predicted molar refractivity (Wildman–Crippen MR) is 187 cm³/mol. The van der Waals surface area contributed by atoms with Crippen LogP contribution in [0.1, 0.15) is 36.8 Å². The summed E-state index contributed by atoms with van der Waals surface area (Å²) in [5, 5.41) is 16.7. The molecule has 5 aromatic rings. The number of nitrogens with zero attached hydrogens (tertiary/aromatic N) is 8. The van der Waals surface area contributed by atoms with Crippen molar-refractivity contribution in [2.45, 2.75) is 50.8 Å². The fraction of sp³-hybridized carbons (Fsp3) is 0.343. The summed E-state index contributed by atoms with van der Waals surface area (Å²) < 4.78 is 20.6. The number of hydrogen-bond acceptors (Lipinski definition) is 12. The first-order valence-electron chi connectivity index (χ1n) is 16.5. The van der Waals surface area contributed by atoms with Crippen LogP contribution in [0.5, 0.6) is 0 Å². The summed E-state index contributed by atoms with van der Waals surface area (Å²) in [4.78, 5) is 46.9. The van der Waals surface area contributed by atoms with Crippen molar-refractivity contribution >= 4 is 46.3 Å². The number of halogens is 1. The number of carbonyl (C=O) groups excluding carboxylic acids is 2. The highest BCUT2D eigenvalue weighted by molar-refractivity contribution is 7.16. The lowest BCUT2D eigenvalue weighted by Gasteiger charge is -2.32. The lowest BCUT2D eigenvalue weighted by molar-refractivity contribution is -0.133. The Morgan fingerprint density at radius 1 is 1.14 bits per heavy atom. The number of pyridine rings is 1. The minimum Gasteiger partial charge on any atom is -0.463 e. The number of hydrogen-bond donors (Lipinski definition) is 2. The fourth-order valence-corrected chi connectivity index (χ4v) is 7.36. The van der Waals surface area contributed by atoms with Crippen LogP contribution in [0.15, 0.2) is 55.0 Å². The van der Waals surface area contributed by atoms with Gasteiger partial charge in [0.05, 0.1) is 11.7 Å². The highest BCUT2D eigenvalue weighted by Crippen LogP contribution is 2.37. The first-order chi connectivity index (χ1) is 24.3. The number of carbonyl (C=O) groups is 2. The summed E-state index contributed by atoms with van der Waals surface area (Å²) in [6.07, 6.45) is 8.07. The first-order valence-corrected chi connectivity index (χ1v) is 17.3. The summed E-state index contributed by atoms with van der Waals surface area (Å²) in [5.41, 5.74) is 4.59. The van der Waals surface area contributed by atoms with Crippen molar-refractivity contribution in [3.8, 4) is 28.5 Å². The van der Waals surface area contributed by atoms with Crippen molar-refractivity contribution in [1.29, 1.82) is 5.26 Å². The number of thiazole rings is 1. The number of benzene rings is 1. The number of aryl methyl sites for hydroxylation is 1. The van der Waals surface area contributed by atoms with Gasteiger partial charge in [0.2, 0.25) is 11.9 Å². The van der Waals surface area contributed by atoms with Crippen LogP contribution in [0.3, 0.4) is 0 Å². The molecule has 0 saturated carbocycles. The van der Waals surface area contributed by atoms with Gasteiger partial charge >= 0.3 is 0 Å². The average molecular weight is 695 g/mol. The molecular formula is C35H35FN10O3S. The summed E-state index contributed by atoms with van der Waals surface area (Å²) >= 11 is 1.27. The highest BCUT2D eigenvalue weighted by atomic mass is 32.1. The van der Waals surface area contributed by atoms with E-state index in [-0.39, 0.29) is 29.9 Å². The molecule has 6 heterocycles. The Morgan fingerprint density at radius 2 is 1.88 bits per heavy atom. The number of rotatable bonds is 10. The number of ether oxygens (including phenoxy) is 1. The van der Waals surface area contributed by atoms with Gasteiger partial charge in [-0.15, -0.1) is 0 Å². The maximum absolute atomic E-state index is 13.6. The third-order valence-corrected chi connectivity index (χ3v) is 10.2. The minimum atomic E-state index is -0.357. The van der Waals surface area contributed by atoms with Gasteiger partial charge in [0, 0.05) is 74.4 Å². The third-order valence-electron chi connectivity index (χ3n) is 9.19. The minimum absolute atomic E-state index is 0.0541. The maximum atomic E-state index is 13.6. The molecule has 2 atom stereocenters. The van der Waals surface area contributed by atoms with E-state index in [9.17, 15) is 19.2 Å². The summed E-state index contributed by atoms with van der Waals surface area (Å²) in [7, 11) is 1.90. The summed E-state index contributed by atoms with van der Waals surface area (Å²) in [6.45, 7) is 4.38. The van der Waals surface area contributed by atoms with E-state index in [1.165, 1.54) is 23.5 Å². The van der Waals surface area contributed by atoms with Crippen molar-refractivity contribution in [2.75, 3.05) is 36.5 Å². The van der Waals surface area contributed by atoms with Crippen LogP contribution < -0.4 is 20.4 Å². The Hall–Kier alpha value is -5.46. The molecule has 2 aliphatic rings. The quantitative estimate of drug-likeness (QED) is 0.202. The second-order valence-corrected chi connectivity index (χ2v) is 13.3. The second-order valence-electron chi connectivity index (χ2n) is 12.3. The molecule has 4 aromatic heterocycles. The fourth-order valence-electron chi connectivity index (χ4n) is 6.51. The lowest BCUT2D eigenvalue weighted by Crippen LogP contribution is -2.49. The van der Waals surface area contributed by atoms with Crippen LogP contribution >= 0.6 is 11.3 Å². The highest BCUT2D eigenvalue weighted by Gasteiger charge is 2.32. The zero-order valence-electron chi connectivity index (χ0n) is 27.5. The summed E-state index contributed by atoms with van der Waals surface area (Å²) in [6, 6.07) is 11.9. The topological polar surface area (TPSA) is 154 Å². The number of imidazole rings is 1. The van der Waals surface area contributed by atoms with E-state index < -0.39 is 0 Å². The number of amides is 1. The van der Waals surface area contributed by atoms with Crippen molar-refractivity contribution in [3.63, 3.8) is 0 Å². The van der Waals surface area contributed by atoms with Gasteiger partial charge in [-0.05, 0) is 55.7 Å². The number of fused-ring (bicyclic) bond motifs is 1. The van der Waals surface area contributed by atoms with E-state index in [0.717, 1.165) is 41.1 Å². The molecule has 0 bridgehead atoms. The molecule has 0 unspecified atom stereocenters. The molecule has 256 valence electrons. The summed E-state index contributed by atoms with van der Waals surface area (Å²) in [5.74, 6) is 1.05. The van der Waals surface area contributed by atoms with Gasteiger partial charge in [-0.25, -0.2) is 24.3 Å². The number of anilines is 3.